The Morgan fingerprint density at radius 3 is 2.81 bits per heavy atom. The summed E-state index contributed by atoms with van der Waals surface area (Å²) in [5, 5.41) is 0. The Morgan fingerprint density at radius 1 is 1.44 bits per heavy atom. The zero-order valence-corrected chi connectivity index (χ0v) is 10.5. The number of rotatable bonds is 2. The normalized spacial score (nSPS) is 19.3. The van der Waals surface area contributed by atoms with Crippen molar-refractivity contribution in [2.45, 2.75) is 52.4 Å². The third kappa shape index (κ3) is 1.91. The number of Topliss-reactive ketones (excluding diaryl/α,β-unsaturated/α-hetero) is 1. The van der Waals surface area contributed by atoms with Crippen LogP contribution in [0.3, 0.4) is 0 Å². The molecule has 1 atom stereocenters. The zero-order valence-electron chi connectivity index (χ0n) is 10.5. The summed E-state index contributed by atoms with van der Waals surface area (Å²) in [7, 11) is 0. The lowest BCUT2D eigenvalue weighted by molar-refractivity contribution is 0.101. The highest BCUT2D eigenvalue weighted by Gasteiger charge is 2.19. The molecule has 1 nitrogen and oxygen atoms in total. The van der Waals surface area contributed by atoms with E-state index < -0.39 is 0 Å². The van der Waals surface area contributed by atoms with Gasteiger partial charge in [-0.2, -0.15) is 0 Å². The number of hydrogen-bond acceptors (Lipinski definition) is 1. The van der Waals surface area contributed by atoms with Gasteiger partial charge in [0.15, 0.2) is 5.78 Å². The Labute approximate surface area is 97.9 Å². The SMILES string of the molecule is CCc1cc2c(cc1C(C)=O)CCCC2C. The number of carbonyl (C=O) groups excluding carboxylic acids is 1. The molecule has 1 aliphatic rings. The van der Waals surface area contributed by atoms with E-state index in [9.17, 15) is 4.79 Å². The summed E-state index contributed by atoms with van der Waals surface area (Å²) in [4.78, 5) is 11.6. The fraction of sp³-hybridized carbons (Fsp3) is 0.533. The number of carbonyl (C=O) groups is 1. The van der Waals surface area contributed by atoms with Crippen LogP contribution >= 0.6 is 0 Å². The summed E-state index contributed by atoms with van der Waals surface area (Å²) < 4.78 is 0. The molecular weight excluding hydrogens is 196 g/mol. The number of ketones is 1. The van der Waals surface area contributed by atoms with Crippen LogP contribution < -0.4 is 0 Å². The van der Waals surface area contributed by atoms with E-state index in [1.807, 2.05) is 0 Å². The molecule has 86 valence electrons. The van der Waals surface area contributed by atoms with Gasteiger partial charge in [-0.3, -0.25) is 4.79 Å². The first-order valence-electron chi connectivity index (χ1n) is 6.30. The summed E-state index contributed by atoms with van der Waals surface area (Å²) in [6.07, 6.45) is 4.64. The van der Waals surface area contributed by atoms with E-state index in [0.29, 0.717) is 5.92 Å². The van der Waals surface area contributed by atoms with Gasteiger partial charge in [-0.05, 0) is 61.3 Å². The fourth-order valence-corrected chi connectivity index (χ4v) is 2.76. The minimum Gasteiger partial charge on any atom is -0.295 e. The molecule has 1 aromatic carbocycles. The molecule has 1 aliphatic carbocycles. The topological polar surface area (TPSA) is 17.1 Å². The van der Waals surface area contributed by atoms with Gasteiger partial charge >= 0.3 is 0 Å². The van der Waals surface area contributed by atoms with Crippen LogP contribution in [0.15, 0.2) is 12.1 Å². The Balaban J connectivity index is 2.55. The van der Waals surface area contributed by atoms with Crippen molar-refractivity contribution >= 4 is 5.78 Å². The maximum Gasteiger partial charge on any atom is 0.160 e. The molecule has 0 saturated carbocycles. The maximum atomic E-state index is 11.6. The average Bonchev–Trinajstić information content (AvgIpc) is 2.28. The highest BCUT2D eigenvalue weighted by Crippen LogP contribution is 2.33. The van der Waals surface area contributed by atoms with Crippen LogP contribution in [0.1, 0.15) is 66.6 Å². The van der Waals surface area contributed by atoms with Gasteiger partial charge in [-0.25, -0.2) is 0 Å². The van der Waals surface area contributed by atoms with Crippen LogP contribution in [0.5, 0.6) is 0 Å². The maximum absolute atomic E-state index is 11.6. The monoisotopic (exact) mass is 216 g/mol. The summed E-state index contributed by atoms with van der Waals surface area (Å²) in [5.41, 5.74) is 5.05. The lowest BCUT2D eigenvalue weighted by atomic mass is 9.81. The molecule has 0 N–H and O–H groups in total. The molecule has 16 heavy (non-hydrogen) atoms. The molecular formula is C15H20O. The third-order valence-electron chi connectivity index (χ3n) is 3.74. The van der Waals surface area contributed by atoms with E-state index in [0.717, 1.165) is 18.4 Å². The Kier molecular flexibility index (Phi) is 3.13. The molecule has 0 spiro atoms. The molecule has 0 aliphatic heterocycles. The first-order chi connectivity index (χ1) is 7.63. The largest absolute Gasteiger partial charge is 0.295 e. The summed E-state index contributed by atoms with van der Waals surface area (Å²) in [6, 6.07) is 4.42. The summed E-state index contributed by atoms with van der Waals surface area (Å²) in [5.74, 6) is 0.868. The fourth-order valence-electron chi connectivity index (χ4n) is 2.76. The van der Waals surface area contributed by atoms with Crippen LogP contribution in [0.4, 0.5) is 0 Å². The van der Waals surface area contributed by atoms with E-state index >= 15 is 0 Å². The molecule has 0 heterocycles. The van der Waals surface area contributed by atoms with E-state index in [1.165, 1.54) is 29.5 Å². The van der Waals surface area contributed by atoms with Crippen molar-refractivity contribution in [3.63, 3.8) is 0 Å². The zero-order chi connectivity index (χ0) is 11.7. The van der Waals surface area contributed by atoms with Crippen molar-refractivity contribution in [2.24, 2.45) is 0 Å². The van der Waals surface area contributed by atoms with Crippen LogP contribution in [0.2, 0.25) is 0 Å². The molecule has 0 saturated heterocycles. The number of benzene rings is 1. The molecule has 0 aromatic heterocycles. The minimum absolute atomic E-state index is 0.206. The van der Waals surface area contributed by atoms with Crippen LogP contribution in [0.25, 0.3) is 0 Å². The standard InChI is InChI=1S/C15H20O/c1-4-12-8-14-10(2)6-5-7-13(14)9-15(12)11(3)16/h8-10H,4-7H2,1-3H3. The predicted octanol–water partition coefficient (Wildman–Crippen LogP) is 3.89. The van der Waals surface area contributed by atoms with Crippen LogP contribution in [0, 0.1) is 0 Å². The Hall–Kier alpha value is -1.11. The molecule has 1 heteroatoms. The lowest BCUT2D eigenvalue weighted by Gasteiger charge is -2.24. The molecule has 1 unspecified atom stereocenters. The van der Waals surface area contributed by atoms with E-state index in [1.54, 1.807) is 6.92 Å². The first kappa shape index (κ1) is 11.4. The molecule has 0 radical (unpaired) electrons. The van der Waals surface area contributed by atoms with Crippen molar-refractivity contribution in [2.75, 3.05) is 0 Å². The highest BCUT2D eigenvalue weighted by atomic mass is 16.1. The van der Waals surface area contributed by atoms with Gasteiger partial charge in [0.05, 0.1) is 0 Å². The number of fused-ring (bicyclic) bond motifs is 1. The molecule has 1 aromatic rings. The van der Waals surface area contributed by atoms with Crippen molar-refractivity contribution in [3.8, 4) is 0 Å². The molecule has 0 amide bonds. The van der Waals surface area contributed by atoms with E-state index in [2.05, 4.69) is 26.0 Å². The van der Waals surface area contributed by atoms with Gasteiger partial charge in [0.1, 0.15) is 0 Å². The van der Waals surface area contributed by atoms with Gasteiger partial charge in [0, 0.05) is 5.56 Å². The van der Waals surface area contributed by atoms with E-state index in [4.69, 9.17) is 0 Å². The Morgan fingerprint density at radius 2 is 2.19 bits per heavy atom. The molecule has 0 fully saturated rings. The molecule has 0 bridgehead atoms. The van der Waals surface area contributed by atoms with Gasteiger partial charge in [0.2, 0.25) is 0 Å². The first-order valence-corrected chi connectivity index (χ1v) is 6.30. The summed E-state index contributed by atoms with van der Waals surface area (Å²) in [6.45, 7) is 6.10. The van der Waals surface area contributed by atoms with Gasteiger partial charge in [-0.15, -0.1) is 0 Å². The van der Waals surface area contributed by atoms with Crippen molar-refractivity contribution in [3.05, 3.63) is 34.4 Å². The van der Waals surface area contributed by atoms with Crippen molar-refractivity contribution in [1.29, 1.82) is 0 Å². The predicted molar refractivity (Wildman–Crippen MR) is 67.2 cm³/mol. The quantitative estimate of drug-likeness (QED) is 0.685. The smallest absolute Gasteiger partial charge is 0.160 e. The highest BCUT2D eigenvalue weighted by molar-refractivity contribution is 5.96. The van der Waals surface area contributed by atoms with Gasteiger partial charge in [-0.1, -0.05) is 19.9 Å². The molecule has 2 rings (SSSR count). The second kappa shape index (κ2) is 4.40. The van der Waals surface area contributed by atoms with Crippen LogP contribution in [-0.4, -0.2) is 5.78 Å². The second-order valence-corrected chi connectivity index (χ2v) is 4.91. The number of aryl methyl sites for hydroxylation is 2. The minimum atomic E-state index is 0.206. The number of hydrogen-bond donors (Lipinski definition) is 0. The van der Waals surface area contributed by atoms with Crippen molar-refractivity contribution < 1.29 is 4.79 Å². The average molecular weight is 216 g/mol. The third-order valence-corrected chi connectivity index (χ3v) is 3.74. The van der Waals surface area contributed by atoms with Crippen LogP contribution in [-0.2, 0) is 12.8 Å². The summed E-state index contributed by atoms with van der Waals surface area (Å²) >= 11 is 0. The van der Waals surface area contributed by atoms with Gasteiger partial charge in [0.25, 0.3) is 0 Å². The van der Waals surface area contributed by atoms with E-state index in [-0.39, 0.29) is 5.78 Å². The Bertz CT molecular complexity index is 418. The lowest BCUT2D eigenvalue weighted by Crippen LogP contribution is -2.11. The van der Waals surface area contributed by atoms with Crippen molar-refractivity contribution in [1.82, 2.24) is 0 Å². The van der Waals surface area contributed by atoms with Gasteiger partial charge < -0.3 is 0 Å². The second-order valence-electron chi connectivity index (χ2n) is 4.91.